The molecule has 3 rings (SSSR count). The fraction of sp³-hybridized carbons (Fsp3) is 0.118. The van der Waals surface area contributed by atoms with Crippen LogP contribution in [-0.2, 0) is 0 Å². The van der Waals surface area contributed by atoms with Gasteiger partial charge in [0.2, 0.25) is 0 Å². The molecular weight excluding hydrogens is 360 g/mol. The average Bonchev–Trinajstić information content (AvgIpc) is 3.01. The van der Waals surface area contributed by atoms with Crippen molar-refractivity contribution >= 4 is 41.1 Å². The fourth-order valence-electron chi connectivity index (χ4n) is 2.04. The SMILES string of the molecule is COc1ccc(C(=O)CSc2nn(-c3ccccc3)c(=S)s2)cc1. The molecule has 1 heterocycles. The van der Waals surface area contributed by atoms with E-state index in [2.05, 4.69) is 5.10 Å². The van der Waals surface area contributed by atoms with Crippen LogP contribution in [0.4, 0.5) is 0 Å². The van der Waals surface area contributed by atoms with Crippen molar-refractivity contribution in [2.75, 3.05) is 12.9 Å². The molecule has 1 aromatic heterocycles. The number of thioether (sulfide) groups is 1. The smallest absolute Gasteiger partial charge is 0.184 e. The van der Waals surface area contributed by atoms with Gasteiger partial charge in [-0.05, 0) is 48.6 Å². The maximum absolute atomic E-state index is 12.3. The number of aromatic nitrogens is 2. The highest BCUT2D eigenvalue weighted by atomic mass is 32.2. The summed E-state index contributed by atoms with van der Waals surface area (Å²) in [4.78, 5) is 12.3. The van der Waals surface area contributed by atoms with E-state index in [1.165, 1.54) is 23.1 Å². The Hall–Kier alpha value is -1.96. The van der Waals surface area contributed by atoms with Crippen molar-refractivity contribution in [1.29, 1.82) is 0 Å². The molecular formula is C17H14N2O2S3. The highest BCUT2D eigenvalue weighted by Gasteiger charge is 2.11. The summed E-state index contributed by atoms with van der Waals surface area (Å²) in [5, 5.41) is 4.49. The Kier molecular flexibility index (Phi) is 5.44. The molecule has 24 heavy (non-hydrogen) atoms. The zero-order valence-electron chi connectivity index (χ0n) is 12.8. The second kappa shape index (κ2) is 7.74. The monoisotopic (exact) mass is 374 g/mol. The molecule has 0 amide bonds. The number of Topliss-reactive ketones (excluding diaryl/α,β-unsaturated/α-hetero) is 1. The Bertz CT molecular complexity index is 886. The summed E-state index contributed by atoms with van der Waals surface area (Å²) in [5.74, 6) is 1.11. The van der Waals surface area contributed by atoms with Crippen LogP contribution in [0.1, 0.15) is 10.4 Å². The molecule has 0 N–H and O–H groups in total. The molecule has 0 bridgehead atoms. The van der Waals surface area contributed by atoms with Gasteiger partial charge < -0.3 is 4.74 Å². The first-order valence-electron chi connectivity index (χ1n) is 7.13. The van der Waals surface area contributed by atoms with Gasteiger partial charge in [0.15, 0.2) is 14.1 Å². The van der Waals surface area contributed by atoms with Crippen molar-refractivity contribution in [3.05, 3.63) is 64.1 Å². The molecule has 122 valence electrons. The largest absolute Gasteiger partial charge is 0.497 e. The zero-order chi connectivity index (χ0) is 16.9. The van der Waals surface area contributed by atoms with Gasteiger partial charge in [-0.25, -0.2) is 4.68 Å². The zero-order valence-corrected chi connectivity index (χ0v) is 15.3. The van der Waals surface area contributed by atoms with Gasteiger partial charge in [0.25, 0.3) is 0 Å². The molecule has 4 nitrogen and oxygen atoms in total. The van der Waals surface area contributed by atoms with Gasteiger partial charge in [-0.3, -0.25) is 4.79 Å². The summed E-state index contributed by atoms with van der Waals surface area (Å²) >= 11 is 8.17. The molecule has 7 heteroatoms. The van der Waals surface area contributed by atoms with Gasteiger partial charge >= 0.3 is 0 Å². The van der Waals surface area contributed by atoms with E-state index in [9.17, 15) is 4.79 Å². The topological polar surface area (TPSA) is 44.1 Å². The number of hydrogen-bond donors (Lipinski definition) is 0. The van der Waals surface area contributed by atoms with Crippen molar-refractivity contribution < 1.29 is 9.53 Å². The van der Waals surface area contributed by atoms with Crippen LogP contribution in [0.5, 0.6) is 5.75 Å². The van der Waals surface area contributed by atoms with Crippen LogP contribution in [0, 0.1) is 3.95 Å². The number of hydrogen-bond acceptors (Lipinski definition) is 6. The van der Waals surface area contributed by atoms with Crippen LogP contribution in [0.3, 0.4) is 0 Å². The summed E-state index contributed by atoms with van der Waals surface area (Å²) in [5.41, 5.74) is 1.58. The van der Waals surface area contributed by atoms with E-state index in [1.807, 2.05) is 30.3 Å². The van der Waals surface area contributed by atoms with Crippen LogP contribution in [-0.4, -0.2) is 28.4 Å². The Morgan fingerprint density at radius 1 is 1.21 bits per heavy atom. The van der Waals surface area contributed by atoms with E-state index in [-0.39, 0.29) is 5.78 Å². The fourth-order valence-corrected chi connectivity index (χ4v) is 4.29. The van der Waals surface area contributed by atoms with Crippen LogP contribution in [0.15, 0.2) is 58.9 Å². The van der Waals surface area contributed by atoms with Gasteiger partial charge in [-0.1, -0.05) is 41.3 Å². The minimum atomic E-state index is 0.0510. The number of carbonyl (C=O) groups excluding carboxylic acids is 1. The van der Waals surface area contributed by atoms with Gasteiger partial charge in [0.05, 0.1) is 18.6 Å². The normalized spacial score (nSPS) is 10.5. The minimum absolute atomic E-state index is 0.0510. The Morgan fingerprint density at radius 3 is 2.58 bits per heavy atom. The average molecular weight is 375 g/mol. The molecule has 0 spiro atoms. The van der Waals surface area contributed by atoms with Crippen LogP contribution in [0.25, 0.3) is 5.69 Å². The van der Waals surface area contributed by atoms with Crippen LogP contribution >= 0.6 is 35.3 Å². The number of methoxy groups -OCH3 is 1. The molecule has 0 atom stereocenters. The Labute approximate surface area is 153 Å². The highest BCUT2D eigenvalue weighted by molar-refractivity contribution is 8.01. The second-order valence-electron chi connectivity index (χ2n) is 4.82. The summed E-state index contributed by atoms with van der Waals surface area (Å²) in [6.07, 6.45) is 0. The molecule has 0 aliphatic rings. The molecule has 2 aromatic carbocycles. The number of nitrogens with zero attached hydrogens (tertiary/aromatic N) is 2. The first kappa shape index (κ1) is 16.9. The summed E-state index contributed by atoms with van der Waals surface area (Å²) in [7, 11) is 1.60. The lowest BCUT2D eigenvalue weighted by molar-refractivity contribution is 0.102. The molecule has 0 aliphatic heterocycles. The molecule has 0 saturated heterocycles. The summed E-state index contributed by atoms with van der Waals surface area (Å²) < 4.78 is 8.27. The maximum Gasteiger partial charge on any atom is 0.184 e. The Balaban J connectivity index is 1.68. The third-order valence-corrected chi connectivity index (χ3v) is 5.63. The van der Waals surface area contributed by atoms with Gasteiger partial charge in [-0.15, -0.1) is 5.10 Å². The lowest BCUT2D eigenvalue weighted by Gasteiger charge is -2.02. The van der Waals surface area contributed by atoms with Crippen molar-refractivity contribution in [2.24, 2.45) is 0 Å². The number of ether oxygens (including phenoxy) is 1. The predicted octanol–water partition coefficient (Wildman–Crippen LogP) is 4.65. The number of carbonyl (C=O) groups is 1. The maximum atomic E-state index is 12.3. The van der Waals surface area contributed by atoms with E-state index in [0.717, 1.165) is 15.8 Å². The first-order valence-corrected chi connectivity index (χ1v) is 9.34. The lowest BCUT2D eigenvalue weighted by atomic mass is 10.1. The second-order valence-corrected chi connectivity index (χ2v) is 7.67. The van der Waals surface area contributed by atoms with E-state index >= 15 is 0 Å². The standard InChI is InChI=1S/C17H14N2O2S3/c1-21-14-9-7-12(8-10-14)15(20)11-23-16-18-19(17(22)24-16)13-5-3-2-4-6-13/h2-10H,11H2,1H3. The third-order valence-electron chi connectivity index (χ3n) is 3.27. The van der Waals surface area contributed by atoms with Crippen molar-refractivity contribution in [3.8, 4) is 11.4 Å². The van der Waals surface area contributed by atoms with Gasteiger partial charge in [0, 0.05) is 5.56 Å². The van der Waals surface area contributed by atoms with E-state index in [4.69, 9.17) is 17.0 Å². The van der Waals surface area contributed by atoms with E-state index < -0.39 is 0 Å². The number of para-hydroxylation sites is 1. The Morgan fingerprint density at radius 2 is 1.92 bits per heavy atom. The third kappa shape index (κ3) is 3.92. The molecule has 0 fully saturated rings. The lowest BCUT2D eigenvalue weighted by Crippen LogP contribution is -2.02. The van der Waals surface area contributed by atoms with E-state index in [0.29, 0.717) is 15.3 Å². The molecule has 0 saturated carbocycles. The number of benzene rings is 2. The van der Waals surface area contributed by atoms with Crippen molar-refractivity contribution in [2.45, 2.75) is 4.34 Å². The van der Waals surface area contributed by atoms with Crippen molar-refractivity contribution in [1.82, 2.24) is 9.78 Å². The van der Waals surface area contributed by atoms with Gasteiger partial charge in [0.1, 0.15) is 5.75 Å². The van der Waals surface area contributed by atoms with E-state index in [1.54, 1.807) is 36.1 Å². The molecule has 0 unspecified atom stereocenters. The summed E-state index contributed by atoms with van der Waals surface area (Å²) in [6, 6.07) is 16.8. The quantitative estimate of drug-likeness (QED) is 0.357. The molecule has 0 radical (unpaired) electrons. The highest BCUT2D eigenvalue weighted by Crippen LogP contribution is 2.25. The van der Waals surface area contributed by atoms with Crippen LogP contribution < -0.4 is 4.74 Å². The molecule has 0 aliphatic carbocycles. The number of ketones is 1. The first-order chi connectivity index (χ1) is 11.7. The van der Waals surface area contributed by atoms with Crippen molar-refractivity contribution in [3.63, 3.8) is 0 Å². The van der Waals surface area contributed by atoms with Crippen LogP contribution in [0.2, 0.25) is 0 Å². The predicted molar refractivity (Wildman–Crippen MR) is 100 cm³/mol. The summed E-state index contributed by atoms with van der Waals surface area (Å²) in [6.45, 7) is 0. The minimum Gasteiger partial charge on any atom is -0.497 e. The van der Waals surface area contributed by atoms with Gasteiger partial charge in [-0.2, -0.15) is 0 Å². The molecule has 3 aromatic rings. The number of rotatable bonds is 6.